The van der Waals surface area contributed by atoms with Crippen molar-refractivity contribution in [3.05, 3.63) is 22.4 Å². The number of methoxy groups -OCH3 is 1. The second kappa shape index (κ2) is 10.3. The Morgan fingerprint density at radius 1 is 1.56 bits per heavy atom. The van der Waals surface area contributed by atoms with E-state index in [1.807, 2.05) is 23.3 Å². The minimum atomic E-state index is 0. The molecule has 0 atom stereocenters. The van der Waals surface area contributed by atoms with Crippen molar-refractivity contribution in [2.24, 2.45) is 0 Å². The Labute approximate surface area is 119 Å². The Bertz CT molecular complexity index is 320. The Hall–Kier alpha value is -0.620. The Balaban J connectivity index is 0.00000289. The molecule has 0 aliphatic carbocycles. The minimum Gasteiger partial charge on any atom is -0.383 e. The summed E-state index contributed by atoms with van der Waals surface area (Å²) in [6.07, 6.45) is 0. The van der Waals surface area contributed by atoms with Crippen LogP contribution in [-0.2, 0) is 16.1 Å². The van der Waals surface area contributed by atoms with Crippen LogP contribution in [0, 0.1) is 0 Å². The fourth-order valence-electron chi connectivity index (χ4n) is 1.45. The van der Waals surface area contributed by atoms with Crippen LogP contribution in [-0.4, -0.2) is 44.2 Å². The van der Waals surface area contributed by atoms with Crippen molar-refractivity contribution in [2.75, 3.05) is 33.4 Å². The third-order valence-electron chi connectivity index (χ3n) is 2.42. The summed E-state index contributed by atoms with van der Waals surface area (Å²) in [5, 5.41) is 5.10. The summed E-state index contributed by atoms with van der Waals surface area (Å²) >= 11 is 1.68. The molecule has 1 heterocycles. The van der Waals surface area contributed by atoms with Gasteiger partial charge < -0.3 is 15.0 Å². The van der Waals surface area contributed by atoms with E-state index in [1.54, 1.807) is 18.4 Å². The Morgan fingerprint density at radius 3 is 2.89 bits per heavy atom. The highest BCUT2D eigenvalue weighted by Crippen LogP contribution is 2.11. The molecule has 6 heteroatoms. The largest absolute Gasteiger partial charge is 0.383 e. The molecular formula is C12H21ClN2O2S. The Kier molecular flexibility index (Phi) is 9.96. The molecule has 0 saturated heterocycles. The summed E-state index contributed by atoms with van der Waals surface area (Å²) in [5.41, 5.74) is 0. The maximum Gasteiger partial charge on any atom is 0.236 e. The van der Waals surface area contributed by atoms with Gasteiger partial charge in [0.05, 0.1) is 19.7 Å². The molecule has 0 bridgehead atoms. The first kappa shape index (κ1) is 17.4. The second-order valence-electron chi connectivity index (χ2n) is 3.66. The number of hydrogen-bond donors (Lipinski definition) is 1. The van der Waals surface area contributed by atoms with Crippen LogP contribution in [0.1, 0.15) is 11.8 Å². The number of nitrogens with zero attached hydrogens (tertiary/aromatic N) is 1. The maximum absolute atomic E-state index is 11.9. The molecule has 18 heavy (non-hydrogen) atoms. The van der Waals surface area contributed by atoms with Gasteiger partial charge in [0.1, 0.15) is 0 Å². The molecule has 1 aromatic rings. The molecule has 1 amide bonds. The molecule has 1 aromatic heterocycles. The predicted molar refractivity (Wildman–Crippen MR) is 77.4 cm³/mol. The maximum atomic E-state index is 11.9. The topological polar surface area (TPSA) is 41.6 Å². The lowest BCUT2D eigenvalue weighted by molar-refractivity contribution is -0.130. The van der Waals surface area contributed by atoms with Crippen LogP contribution in [0.15, 0.2) is 17.5 Å². The lowest BCUT2D eigenvalue weighted by Gasteiger charge is -2.20. The van der Waals surface area contributed by atoms with E-state index in [9.17, 15) is 4.79 Å². The van der Waals surface area contributed by atoms with Crippen molar-refractivity contribution in [3.8, 4) is 0 Å². The van der Waals surface area contributed by atoms with E-state index < -0.39 is 0 Å². The number of hydrogen-bond acceptors (Lipinski definition) is 4. The zero-order chi connectivity index (χ0) is 12.5. The average molecular weight is 293 g/mol. The number of nitrogens with one attached hydrogen (secondary N) is 1. The fraction of sp³-hybridized carbons (Fsp3) is 0.583. The van der Waals surface area contributed by atoms with Crippen molar-refractivity contribution in [1.82, 2.24) is 10.2 Å². The van der Waals surface area contributed by atoms with Gasteiger partial charge in [-0.15, -0.1) is 23.7 Å². The Morgan fingerprint density at radius 2 is 2.33 bits per heavy atom. The molecular weight excluding hydrogens is 272 g/mol. The number of carbonyl (C=O) groups is 1. The van der Waals surface area contributed by atoms with Crippen molar-refractivity contribution in [1.29, 1.82) is 0 Å². The summed E-state index contributed by atoms with van der Waals surface area (Å²) < 4.78 is 4.91. The zero-order valence-corrected chi connectivity index (χ0v) is 12.5. The smallest absolute Gasteiger partial charge is 0.236 e. The van der Waals surface area contributed by atoms with Crippen molar-refractivity contribution < 1.29 is 9.53 Å². The molecule has 0 aromatic carbocycles. The van der Waals surface area contributed by atoms with Gasteiger partial charge in [0.15, 0.2) is 0 Å². The van der Waals surface area contributed by atoms with Gasteiger partial charge in [0.25, 0.3) is 0 Å². The standard InChI is InChI=1S/C12H20N2O2S.ClH/c1-3-14(10-11-5-4-8-17-11)12(15)9-13-6-7-16-2;/h4-5,8,13H,3,6-7,9-10H2,1-2H3;1H. The van der Waals surface area contributed by atoms with Crippen LogP contribution in [0.3, 0.4) is 0 Å². The molecule has 4 nitrogen and oxygen atoms in total. The zero-order valence-electron chi connectivity index (χ0n) is 10.8. The number of amides is 1. The van der Waals surface area contributed by atoms with Gasteiger partial charge in [-0.25, -0.2) is 0 Å². The molecule has 0 spiro atoms. The van der Waals surface area contributed by atoms with Crippen LogP contribution in [0.5, 0.6) is 0 Å². The number of likely N-dealkylation sites (N-methyl/N-ethyl adjacent to an activating group) is 1. The van der Waals surface area contributed by atoms with Crippen LogP contribution >= 0.6 is 23.7 Å². The van der Waals surface area contributed by atoms with Crippen molar-refractivity contribution >= 4 is 29.7 Å². The van der Waals surface area contributed by atoms with Crippen molar-refractivity contribution in [3.63, 3.8) is 0 Å². The third kappa shape index (κ3) is 6.35. The third-order valence-corrected chi connectivity index (χ3v) is 3.28. The first-order valence-electron chi connectivity index (χ1n) is 5.77. The van der Waals surface area contributed by atoms with Gasteiger partial charge >= 0.3 is 0 Å². The van der Waals surface area contributed by atoms with E-state index in [2.05, 4.69) is 11.4 Å². The summed E-state index contributed by atoms with van der Waals surface area (Å²) in [6, 6.07) is 4.06. The van der Waals surface area contributed by atoms with Gasteiger partial charge in [-0.1, -0.05) is 6.07 Å². The molecule has 1 rings (SSSR count). The predicted octanol–water partition coefficient (Wildman–Crippen LogP) is 1.75. The average Bonchev–Trinajstić information content (AvgIpc) is 2.84. The molecule has 0 radical (unpaired) electrons. The summed E-state index contributed by atoms with van der Waals surface area (Å²) in [4.78, 5) is 15.0. The van der Waals surface area contributed by atoms with E-state index in [-0.39, 0.29) is 18.3 Å². The highest BCUT2D eigenvalue weighted by atomic mass is 35.5. The number of ether oxygens (including phenoxy) is 1. The summed E-state index contributed by atoms with van der Waals surface area (Å²) in [6.45, 7) is 5.16. The number of thiophene rings is 1. The number of rotatable bonds is 8. The number of carbonyl (C=O) groups excluding carboxylic acids is 1. The first-order chi connectivity index (χ1) is 8.27. The van der Waals surface area contributed by atoms with Crippen LogP contribution in [0.25, 0.3) is 0 Å². The van der Waals surface area contributed by atoms with E-state index in [0.717, 1.165) is 6.54 Å². The lowest BCUT2D eigenvalue weighted by Crippen LogP contribution is -2.38. The quantitative estimate of drug-likeness (QED) is 0.742. The highest BCUT2D eigenvalue weighted by Gasteiger charge is 2.11. The van der Waals surface area contributed by atoms with Crippen LogP contribution < -0.4 is 5.32 Å². The summed E-state index contributed by atoms with van der Waals surface area (Å²) in [5.74, 6) is 0.136. The normalized spacial score (nSPS) is 9.89. The molecule has 0 saturated carbocycles. The van der Waals surface area contributed by atoms with Crippen LogP contribution in [0.2, 0.25) is 0 Å². The molecule has 0 fully saturated rings. The van der Waals surface area contributed by atoms with Crippen LogP contribution in [0.4, 0.5) is 0 Å². The van der Waals surface area contributed by atoms with Gasteiger partial charge in [-0.3, -0.25) is 4.79 Å². The molecule has 0 unspecified atom stereocenters. The molecule has 0 aliphatic heterocycles. The lowest BCUT2D eigenvalue weighted by atomic mass is 10.4. The van der Waals surface area contributed by atoms with E-state index in [1.165, 1.54) is 4.88 Å². The molecule has 1 N–H and O–H groups in total. The summed E-state index contributed by atoms with van der Waals surface area (Å²) in [7, 11) is 1.65. The molecule has 104 valence electrons. The highest BCUT2D eigenvalue weighted by molar-refractivity contribution is 7.09. The first-order valence-corrected chi connectivity index (χ1v) is 6.65. The minimum absolute atomic E-state index is 0. The van der Waals surface area contributed by atoms with Gasteiger partial charge in [0.2, 0.25) is 5.91 Å². The monoisotopic (exact) mass is 292 g/mol. The fourth-order valence-corrected chi connectivity index (χ4v) is 2.17. The van der Waals surface area contributed by atoms with Gasteiger partial charge in [0, 0.05) is 25.1 Å². The number of halogens is 1. The second-order valence-corrected chi connectivity index (χ2v) is 4.69. The van der Waals surface area contributed by atoms with E-state index in [4.69, 9.17) is 4.74 Å². The van der Waals surface area contributed by atoms with Crippen molar-refractivity contribution in [2.45, 2.75) is 13.5 Å². The van der Waals surface area contributed by atoms with Gasteiger partial charge in [-0.05, 0) is 18.4 Å². The SMILES string of the molecule is CCN(Cc1cccs1)C(=O)CNCCOC.Cl. The van der Waals surface area contributed by atoms with E-state index in [0.29, 0.717) is 26.2 Å². The van der Waals surface area contributed by atoms with E-state index >= 15 is 0 Å². The van der Waals surface area contributed by atoms with Gasteiger partial charge in [-0.2, -0.15) is 0 Å². The molecule has 0 aliphatic rings.